The number of sulfonamides is 1. The van der Waals surface area contributed by atoms with Gasteiger partial charge in [-0.15, -0.1) is 0 Å². The summed E-state index contributed by atoms with van der Waals surface area (Å²) in [5.41, 5.74) is 2.54. The quantitative estimate of drug-likeness (QED) is 0.628. The Morgan fingerprint density at radius 1 is 1.10 bits per heavy atom. The maximum absolute atomic E-state index is 12.9. The SMILES string of the molecule is O=C(CCNS(=O)(=O)c1ccc(F)cc1)Nc1ccc2c(c1)nc1n2CCCCC1. The summed E-state index contributed by atoms with van der Waals surface area (Å²) >= 11 is 0. The summed E-state index contributed by atoms with van der Waals surface area (Å²) in [7, 11) is -3.79. The van der Waals surface area contributed by atoms with Crippen molar-refractivity contribution in [2.45, 2.75) is 43.5 Å². The standard InChI is InChI=1S/C21H23FN4O3S/c22-15-5-8-17(9-6-15)30(28,29)23-12-11-21(27)24-16-7-10-19-18(14-16)25-20-4-2-1-3-13-26(19)20/h5-10,14,23H,1-4,11-13H2,(H,24,27). The molecule has 1 amide bonds. The third-order valence-corrected chi connectivity index (χ3v) is 6.64. The number of aromatic nitrogens is 2. The van der Waals surface area contributed by atoms with E-state index in [1.165, 1.54) is 18.6 Å². The van der Waals surface area contributed by atoms with Crippen LogP contribution in [0.15, 0.2) is 47.4 Å². The van der Waals surface area contributed by atoms with Crippen LogP contribution in [0.5, 0.6) is 0 Å². The third-order valence-electron chi connectivity index (χ3n) is 5.16. The van der Waals surface area contributed by atoms with Gasteiger partial charge in [-0.2, -0.15) is 0 Å². The van der Waals surface area contributed by atoms with Crippen molar-refractivity contribution in [1.29, 1.82) is 0 Å². The van der Waals surface area contributed by atoms with E-state index in [4.69, 9.17) is 4.98 Å². The van der Waals surface area contributed by atoms with Crippen LogP contribution < -0.4 is 10.0 Å². The molecule has 0 fully saturated rings. The van der Waals surface area contributed by atoms with E-state index in [9.17, 15) is 17.6 Å². The van der Waals surface area contributed by atoms with E-state index in [0.29, 0.717) is 5.69 Å². The largest absolute Gasteiger partial charge is 0.328 e. The molecule has 0 radical (unpaired) electrons. The summed E-state index contributed by atoms with van der Waals surface area (Å²) < 4.78 is 41.9. The lowest BCUT2D eigenvalue weighted by Gasteiger charge is -2.08. The summed E-state index contributed by atoms with van der Waals surface area (Å²) in [5, 5.41) is 2.79. The van der Waals surface area contributed by atoms with E-state index < -0.39 is 15.8 Å². The summed E-state index contributed by atoms with van der Waals surface area (Å²) in [6, 6.07) is 10.2. The van der Waals surface area contributed by atoms with Crippen LogP contribution in [0.3, 0.4) is 0 Å². The van der Waals surface area contributed by atoms with Gasteiger partial charge in [0.05, 0.1) is 15.9 Å². The fourth-order valence-electron chi connectivity index (χ4n) is 3.65. The molecule has 0 saturated heterocycles. The second kappa shape index (κ2) is 8.53. The Balaban J connectivity index is 1.36. The number of imidazole rings is 1. The minimum atomic E-state index is -3.79. The van der Waals surface area contributed by atoms with E-state index in [0.717, 1.165) is 54.8 Å². The molecule has 2 N–H and O–H groups in total. The van der Waals surface area contributed by atoms with E-state index >= 15 is 0 Å². The molecule has 4 rings (SSSR count). The van der Waals surface area contributed by atoms with E-state index in [-0.39, 0.29) is 23.8 Å². The van der Waals surface area contributed by atoms with Gasteiger partial charge < -0.3 is 9.88 Å². The molecule has 0 saturated carbocycles. The molecule has 0 bridgehead atoms. The minimum Gasteiger partial charge on any atom is -0.328 e. The molecule has 9 heteroatoms. The van der Waals surface area contributed by atoms with Crippen LogP contribution in [-0.2, 0) is 27.8 Å². The van der Waals surface area contributed by atoms with Crippen molar-refractivity contribution in [3.8, 4) is 0 Å². The van der Waals surface area contributed by atoms with Gasteiger partial charge in [-0.3, -0.25) is 4.79 Å². The highest BCUT2D eigenvalue weighted by Gasteiger charge is 2.16. The Labute approximate surface area is 174 Å². The third kappa shape index (κ3) is 4.52. The van der Waals surface area contributed by atoms with Crippen molar-refractivity contribution in [1.82, 2.24) is 14.3 Å². The minimum absolute atomic E-state index is 0.0296. The molecule has 158 valence electrons. The molecular formula is C21H23FN4O3S. The van der Waals surface area contributed by atoms with Gasteiger partial charge in [0.25, 0.3) is 0 Å². The van der Waals surface area contributed by atoms with Crippen molar-refractivity contribution in [3.05, 3.63) is 54.1 Å². The van der Waals surface area contributed by atoms with Crippen LogP contribution in [0, 0.1) is 5.82 Å². The molecule has 2 aromatic carbocycles. The number of nitrogens with zero attached hydrogens (tertiary/aromatic N) is 2. The molecule has 7 nitrogen and oxygen atoms in total. The number of benzene rings is 2. The molecule has 30 heavy (non-hydrogen) atoms. The molecule has 0 atom stereocenters. The van der Waals surface area contributed by atoms with Crippen LogP contribution in [-0.4, -0.2) is 30.4 Å². The number of aryl methyl sites for hydroxylation is 2. The van der Waals surface area contributed by atoms with Gasteiger partial charge in [0.2, 0.25) is 15.9 Å². The number of rotatable bonds is 6. The van der Waals surface area contributed by atoms with E-state index in [1.54, 1.807) is 0 Å². The molecule has 0 spiro atoms. The lowest BCUT2D eigenvalue weighted by atomic mass is 10.2. The molecule has 1 aromatic heterocycles. The van der Waals surface area contributed by atoms with E-state index in [1.807, 2.05) is 18.2 Å². The summed E-state index contributed by atoms with van der Waals surface area (Å²) in [6.45, 7) is 0.901. The van der Waals surface area contributed by atoms with Crippen molar-refractivity contribution in [2.24, 2.45) is 0 Å². The molecule has 0 aliphatic carbocycles. The van der Waals surface area contributed by atoms with Crippen molar-refractivity contribution in [3.63, 3.8) is 0 Å². The number of halogens is 1. The Bertz CT molecular complexity index is 1170. The number of amides is 1. The molecule has 2 heterocycles. The number of nitrogens with one attached hydrogen (secondary N) is 2. The van der Waals surface area contributed by atoms with Gasteiger partial charge in [0, 0.05) is 31.6 Å². The number of anilines is 1. The average molecular weight is 431 g/mol. The van der Waals surface area contributed by atoms with Gasteiger partial charge in [-0.25, -0.2) is 22.5 Å². The van der Waals surface area contributed by atoms with Gasteiger partial charge >= 0.3 is 0 Å². The zero-order chi connectivity index (χ0) is 21.1. The Morgan fingerprint density at radius 2 is 1.90 bits per heavy atom. The van der Waals surface area contributed by atoms with E-state index in [2.05, 4.69) is 14.6 Å². The first kappa shape index (κ1) is 20.5. The number of fused-ring (bicyclic) bond motifs is 3. The fourth-order valence-corrected chi connectivity index (χ4v) is 4.68. The predicted molar refractivity (Wildman–Crippen MR) is 112 cm³/mol. The number of carbonyl (C=O) groups excluding carboxylic acids is 1. The van der Waals surface area contributed by atoms with Gasteiger partial charge in [-0.05, 0) is 55.3 Å². The van der Waals surface area contributed by atoms with Crippen molar-refractivity contribution in [2.75, 3.05) is 11.9 Å². The number of hydrogen-bond acceptors (Lipinski definition) is 4. The molecule has 1 aliphatic heterocycles. The predicted octanol–water partition coefficient (Wildman–Crippen LogP) is 3.21. The smallest absolute Gasteiger partial charge is 0.240 e. The molecule has 1 aliphatic rings. The van der Waals surface area contributed by atoms with Gasteiger partial charge in [0.1, 0.15) is 11.6 Å². The maximum atomic E-state index is 12.9. The second-order valence-corrected chi connectivity index (χ2v) is 9.11. The molecule has 3 aromatic rings. The Kier molecular flexibility index (Phi) is 5.83. The zero-order valence-electron chi connectivity index (χ0n) is 16.4. The van der Waals surface area contributed by atoms with Crippen LogP contribution in [0.2, 0.25) is 0 Å². The van der Waals surface area contributed by atoms with Crippen LogP contribution in [0.4, 0.5) is 10.1 Å². The summed E-state index contributed by atoms with van der Waals surface area (Å²) in [6.07, 6.45) is 4.43. The first-order valence-electron chi connectivity index (χ1n) is 9.97. The lowest BCUT2D eigenvalue weighted by molar-refractivity contribution is -0.116. The Morgan fingerprint density at radius 3 is 2.70 bits per heavy atom. The van der Waals surface area contributed by atoms with Crippen LogP contribution in [0.1, 0.15) is 31.5 Å². The number of hydrogen-bond donors (Lipinski definition) is 2. The summed E-state index contributed by atoms with van der Waals surface area (Å²) in [4.78, 5) is 16.9. The highest BCUT2D eigenvalue weighted by molar-refractivity contribution is 7.89. The average Bonchev–Trinajstić information content (AvgIpc) is 2.88. The van der Waals surface area contributed by atoms with Crippen LogP contribution in [0.25, 0.3) is 11.0 Å². The topological polar surface area (TPSA) is 93.1 Å². The second-order valence-electron chi connectivity index (χ2n) is 7.34. The van der Waals surface area contributed by atoms with Crippen molar-refractivity contribution >= 4 is 32.7 Å². The molecular weight excluding hydrogens is 407 g/mol. The highest BCUT2D eigenvalue weighted by Crippen LogP contribution is 2.24. The normalized spacial score (nSPS) is 14.3. The fraction of sp³-hybridized carbons (Fsp3) is 0.333. The summed E-state index contributed by atoms with van der Waals surface area (Å²) in [5.74, 6) is 0.262. The molecule has 0 unspecified atom stereocenters. The van der Waals surface area contributed by atoms with Crippen LogP contribution >= 0.6 is 0 Å². The number of carbonyl (C=O) groups is 1. The monoisotopic (exact) mass is 430 g/mol. The lowest BCUT2D eigenvalue weighted by Crippen LogP contribution is -2.27. The van der Waals surface area contributed by atoms with Gasteiger partial charge in [-0.1, -0.05) is 6.42 Å². The highest BCUT2D eigenvalue weighted by atomic mass is 32.2. The van der Waals surface area contributed by atoms with Gasteiger partial charge in [0.15, 0.2) is 0 Å². The first-order chi connectivity index (χ1) is 14.4. The maximum Gasteiger partial charge on any atom is 0.240 e. The van der Waals surface area contributed by atoms with Crippen molar-refractivity contribution < 1.29 is 17.6 Å². The Hall–Kier alpha value is -2.78. The zero-order valence-corrected chi connectivity index (χ0v) is 17.2. The first-order valence-corrected chi connectivity index (χ1v) is 11.4.